The van der Waals surface area contributed by atoms with Gasteiger partial charge in [0, 0.05) is 13.1 Å². The van der Waals surface area contributed by atoms with Crippen molar-refractivity contribution in [3.05, 3.63) is 71.8 Å². The zero-order valence-corrected chi connectivity index (χ0v) is 13.5. The Morgan fingerprint density at radius 2 is 1.50 bits per heavy atom. The van der Waals surface area contributed by atoms with Crippen LogP contribution in [0.4, 0.5) is 4.79 Å². The lowest BCUT2D eigenvalue weighted by atomic mass is 10.1. The summed E-state index contributed by atoms with van der Waals surface area (Å²) in [6.45, 7) is 0.468. The van der Waals surface area contributed by atoms with Gasteiger partial charge in [0.25, 0.3) is 0 Å². The Hall–Kier alpha value is -2.82. The molecule has 2 amide bonds. The fourth-order valence-corrected chi connectivity index (χ4v) is 2.41. The Morgan fingerprint density at radius 1 is 0.917 bits per heavy atom. The summed E-state index contributed by atoms with van der Waals surface area (Å²) in [6.07, 6.45) is 1.68. The van der Waals surface area contributed by atoms with E-state index in [-0.39, 0.29) is 19.1 Å². The smallest absolute Gasteiger partial charge is 0.323 e. The number of carboxylic acid groups (broad SMARTS) is 1. The number of amides is 2. The first-order valence-corrected chi connectivity index (χ1v) is 7.97. The second-order valence-corrected chi connectivity index (χ2v) is 5.56. The van der Waals surface area contributed by atoms with Crippen molar-refractivity contribution >= 4 is 12.0 Å². The molecule has 0 saturated carbocycles. The Bertz CT molecular complexity index is 644. The van der Waals surface area contributed by atoms with E-state index in [1.165, 1.54) is 10.5 Å². The lowest BCUT2D eigenvalue weighted by Gasteiger charge is -2.21. The van der Waals surface area contributed by atoms with E-state index in [9.17, 15) is 9.59 Å². The number of nitrogens with one attached hydrogen (secondary N) is 1. The van der Waals surface area contributed by atoms with E-state index in [1.54, 1.807) is 0 Å². The van der Waals surface area contributed by atoms with Gasteiger partial charge >= 0.3 is 12.0 Å². The lowest BCUT2D eigenvalue weighted by Crippen LogP contribution is -2.42. The van der Waals surface area contributed by atoms with Gasteiger partial charge in [-0.1, -0.05) is 60.7 Å². The number of hydrogen-bond donors (Lipinski definition) is 2. The molecule has 0 unspecified atom stereocenters. The highest BCUT2D eigenvalue weighted by molar-refractivity contribution is 5.80. The van der Waals surface area contributed by atoms with E-state index < -0.39 is 5.97 Å². The monoisotopic (exact) mass is 326 g/mol. The average Bonchev–Trinajstić information content (AvgIpc) is 2.59. The zero-order valence-electron chi connectivity index (χ0n) is 13.5. The molecule has 0 bridgehead atoms. The number of carbonyl (C=O) groups excluding carboxylic acids is 1. The summed E-state index contributed by atoms with van der Waals surface area (Å²) >= 11 is 0. The number of aliphatic carboxylic acids is 1. The highest BCUT2D eigenvalue weighted by atomic mass is 16.4. The van der Waals surface area contributed by atoms with E-state index >= 15 is 0 Å². The number of benzene rings is 2. The standard InChI is InChI=1S/C19H22N2O3/c22-18(23)15-21(14-17-10-5-2-6-11-17)19(24)20-13-7-12-16-8-3-1-4-9-16/h1-6,8-11H,7,12-15H2,(H,20,24)(H,22,23). The highest BCUT2D eigenvalue weighted by Gasteiger charge is 2.16. The molecule has 2 N–H and O–H groups in total. The molecule has 2 aromatic carbocycles. The Labute approximate surface area is 141 Å². The molecule has 5 heteroatoms. The van der Waals surface area contributed by atoms with Crippen molar-refractivity contribution in [2.45, 2.75) is 19.4 Å². The van der Waals surface area contributed by atoms with E-state index in [0.717, 1.165) is 18.4 Å². The number of hydrogen-bond acceptors (Lipinski definition) is 2. The molecule has 0 aliphatic carbocycles. The predicted molar refractivity (Wildman–Crippen MR) is 92.6 cm³/mol. The number of aryl methyl sites for hydroxylation is 1. The van der Waals surface area contributed by atoms with Crippen molar-refractivity contribution in [3.63, 3.8) is 0 Å². The molecule has 0 spiro atoms. The maximum absolute atomic E-state index is 12.2. The van der Waals surface area contributed by atoms with Gasteiger partial charge in [0.05, 0.1) is 0 Å². The Balaban J connectivity index is 1.82. The van der Waals surface area contributed by atoms with Gasteiger partial charge in [-0.05, 0) is 24.0 Å². The molecule has 2 rings (SSSR count). The van der Waals surface area contributed by atoms with Gasteiger partial charge in [0.15, 0.2) is 0 Å². The number of carboxylic acids is 1. The summed E-state index contributed by atoms with van der Waals surface area (Å²) in [5.41, 5.74) is 2.12. The van der Waals surface area contributed by atoms with Crippen LogP contribution in [0.3, 0.4) is 0 Å². The fourth-order valence-electron chi connectivity index (χ4n) is 2.41. The normalized spacial score (nSPS) is 10.2. The molecule has 0 aliphatic rings. The zero-order chi connectivity index (χ0) is 17.2. The summed E-state index contributed by atoms with van der Waals surface area (Å²) in [4.78, 5) is 24.5. The van der Waals surface area contributed by atoms with Crippen LogP contribution >= 0.6 is 0 Å². The summed E-state index contributed by atoms with van der Waals surface area (Å²) in [7, 11) is 0. The van der Waals surface area contributed by atoms with Crippen LogP contribution in [0.15, 0.2) is 60.7 Å². The number of carbonyl (C=O) groups is 2. The molecule has 0 atom stereocenters. The van der Waals surface area contributed by atoms with Crippen LogP contribution in [0.2, 0.25) is 0 Å². The molecule has 0 radical (unpaired) electrons. The fraction of sp³-hybridized carbons (Fsp3) is 0.263. The number of urea groups is 1. The van der Waals surface area contributed by atoms with Crippen LogP contribution < -0.4 is 5.32 Å². The molecular weight excluding hydrogens is 304 g/mol. The van der Waals surface area contributed by atoms with Crippen molar-refractivity contribution in [3.8, 4) is 0 Å². The maximum atomic E-state index is 12.2. The third-order valence-corrected chi connectivity index (χ3v) is 3.59. The van der Waals surface area contributed by atoms with E-state index in [1.807, 2.05) is 60.7 Å². The van der Waals surface area contributed by atoms with Crippen LogP contribution in [0, 0.1) is 0 Å². The third-order valence-electron chi connectivity index (χ3n) is 3.59. The van der Waals surface area contributed by atoms with Gasteiger partial charge in [0.1, 0.15) is 6.54 Å². The van der Waals surface area contributed by atoms with Gasteiger partial charge in [-0.25, -0.2) is 4.79 Å². The topological polar surface area (TPSA) is 69.6 Å². The summed E-state index contributed by atoms with van der Waals surface area (Å²) < 4.78 is 0. The van der Waals surface area contributed by atoms with Crippen LogP contribution in [0.1, 0.15) is 17.5 Å². The quantitative estimate of drug-likeness (QED) is 0.733. The predicted octanol–water partition coefficient (Wildman–Crippen LogP) is 2.92. The van der Waals surface area contributed by atoms with Crippen LogP contribution in [0.25, 0.3) is 0 Å². The van der Waals surface area contributed by atoms with Crippen molar-refractivity contribution in [2.75, 3.05) is 13.1 Å². The van der Waals surface area contributed by atoms with Gasteiger partial charge in [-0.3, -0.25) is 4.79 Å². The third kappa shape index (κ3) is 6.12. The second kappa shape index (κ2) is 9.35. The first kappa shape index (κ1) is 17.5. The average molecular weight is 326 g/mol. The molecule has 0 aliphatic heterocycles. The largest absolute Gasteiger partial charge is 0.480 e. The van der Waals surface area contributed by atoms with Crippen molar-refractivity contribution in [2.24, 2.45) is 0 Å². The number of nitrogens with zero attached hydrogens (tertiary/aromatic N) is 1. The minimum Gasteiger partial charge on any atom is -0.480 e. The first-order valence-electron chi connectivity index (χ1n) is 7.97. The van der Waals surface area contributed by atoms with Gasteiger partial charge in [-0.2, -0.15) is 0 Å². The van der Waals surface area contributed by atoms with Crippen LogP contribution in [-0.2, 0) is 17.8 Å². The Morgan fingerprint density at radius 3 is 2.08 bits per heavy atom. The van der Waals surface area contributed by atoms with Gasteiger partial charge in [0.2, 0.25) is 0 Å². The number of rotatable bonds is 8. The van der Waals surface area contributed by atoms with E-state index in [0.29, 0.717) is 6.54 Å². The minimum atomic E-state index is -1.02. The molecule has 2 aromatic rings. The van der Waals surface area contributed by atoms with Crippen LogP contribution in [-0.4, -0.2) is 35.1 Å². The molecule has 0 saturated heterocycles. The first-order chi connectivity index (χ1) is 11.6. The Kier molecular flexibility index (Phi) is 6.83. The summed E-state index contributed by atoms with van der Waals surface area (Å²) in [5, 5.41) is 11.8. The highest BCUT2D eigenvalue weighted by Crippen LogP contribution is 2.05. The van der Waals surface area contributed by atoms with Crippen molar-refractivity contribution in [1.29, 1.82) is 0 Å². The lowest BCUT2D eigenvalue weighted by molar-refractivity contribution is -0.137. The molecule has 24 heavy (non-hydrogen) atoms. The SMILES string of the molecule is O=C(O)CN(Cc1ccccc1)C(=O)NCCCc1ccccc1. The molecule has 0 fully saturated rings. The second-order valence-electron chi connectivity index (χ2n) is 5.56. The van der Waals surface area contributed by atoms with Crippen molar-refractivity contribution in [1.82, 2.24) is 10.2 Å². The van der Waals surface area contributed by atoms with Crippen molar-refractivity contribution < 1.29 is 14.7 Å². The van der Waals surface area contributed by atoms with E-state index in [2.05, 4.69) is 5.32 Å². The molecular formula is C19H22N2O3. The van der Waals surface area contributed by atoms with Crippen LogP contribution in [0.5, 0.6) is 0 Å². The van der Waals surface area contributed by atoms with Gasteiger partial charge in [-0.15, -0.1) is 0 Å². The molecule has 5 nitrogen and oxygen atoms in total. The minimum absolute atomic E-state index is 0.275. The molecule has 0 aromatic heterocycles. The summed E-state index contributed by atoms with van der Waals surface area (Å²) in [6, 6.07) is 19.1. The summed E-state index contributed by atoms with van der Waals surface area (Å²) in [5.74, 6) is -1.02. The van der Waals surface area contributed by atoms with E-state index in [4.69, 9.17) is 5.11 Å². The van der Waals surface area contributed by atoms with Gasteiger partial charge < -0.3 is 15.3 Å². The maximum Gasteiger partial charge on any atom is 0.323 e. The molecule has 126 valence electrons. The molecule has 0 heterocycles.